The van der Waals surface area contributed by atoms with Crippen LogP contribution in [0.1, 0.15) is 18.4 Å². The fourth-order valence-corrected chi connectivity index (χ4v) is 3.27. The molecule has 0 radical (unpaired) electrons. The maximum Gasteiger partial charge on any atom is 0.234 e. The summed E-state index contributed by atoms with van der Waals surface area (Å²) in [6.07, 6.45) is 6.05. The fraction of sp³-hybridized carbons (Fsp3) is 0.438. The Labute approximate surface area is 142 Å². The van der Waals surface area contributed by atoms with Crippen molar-refractivity contribution >= 4 is 21.7 Å². The number of hydrogen-bond acceptors (Lipinski definition) is 3. The van der Waals surface area contributed by atoms with E-state index in [4.69, 9.17) is 0 Å². The smallest absolute Gasteiger partial charge is 0.234 e. The molecule has 0 atom stereocenters. The Morgan fingerprint density at radius 1 is 1.33 bits per heavy atom. The van der Waals surface area contributed by atoms with E-state index in [0.29, 0.717) is 17.6 Å². The molecule has 0 saturated heterocycles. The number of aryl methyl sites for hydroxylation is 1. The molecule has 1 aromatic rings. The second-order valence-electron chi connectivity index (χ2n) is 5.67. The summed E-state index contributed by atoms with van der Waals surface area (Å²) in [6, 6.07) is 4.54. The van der Waals surface area contributed by atoms with Crippen molar-refractivity contribution in [2.75, 3.05) is 24.1 Å². The van der Waals surface area contributed by atoms with E-state index in [1.807, 2.05) is 0 Å². The highest BCUT2D eigenvalue weighted by atomic mass is 32.2. The van der Waals surface area contributed by atoms with Crippen LogP contribution in [0.3, 0.4) is 0 Å². The van der Waals surface area contributed by atoms with E-state index in [9.17, 15) is 12.8 Å². The molecule has 24 heavy (non-hydrogen) atoms. The third-order valence-corrected chi connectivity index (χ3v) is 4.97. The van der Waals surface area contributed by atoms with Crippen LogP contribution in [-0.4, -0.2) is 39.8 Å². The molecule has 2 rings (SSSR count). The number of halogens is 1. The number of nitrogens with one attached hydrogen (secondary N) is 3. The number of sulfonamides is 1. The second kappa shape index (κ2) is 8.14. The first-order chi connectivity index (χ1) is 11.4. The Morgan fingerprint density at radius 2 is 2.04 bits per heavy atom. The van der Waals surface area contributed by atoms with Crippen LogP contribution in [0.5, 0.6) is 0 Å². The van der Waals surface area contributed by atoms with Gasteiger partial charge in [-0.3, -0.25) is 9.71 Å². The standard InChI is InChI=1S/C16H23FN4O2S/c1-12-7-8-14(11-15(12)17)21-24(22,23)10-9-19-16(18-2)20-13-5-3-4-6-13/h3-4,7-8,11,13,21H,5-6,9-10H2,1-2H3,(H2,18,19,20). The molecule has 132 valence electrons. The Balaban J connectivity index is 1.82. The molecule has 0 unspecified atom stereocenters. The molecule has 0 aromatic heterocycles. The van der Waals surface area contributed by atoms with Crippen molar-refractivity contribution in [3.05, 3.63) is 41.7 Å². The largest absolute Gasteiger partial charge is 0.355 e. The topological polar surface area (TPSA) is 82.6 Å². The van der Waals surface area contributed by atoms with Gasteiger partial charge in [-0.1, -0.05) is 18.2 Å². The minimum Gasteiger partial charge on any atom is -0.355 e. The lowest BCUT2D eigenvalue weighted by atomic mass is 10.2. The highest BCUT2D eigenvalue weighted by Gasteiger charge is 2.14. The fourth-order valence-electron chi connectivity index (χ4n) is 2.31. The van der Waals surface area contributed by atoms with Crippen LogP contribution in [0.15, 0.2) is 35.3 Å². The van der Waals surface area contributed by atoms with Gasteiger partial charge in [-0.25, -0.2) is 12.8 Å². The Kier molecular flexibility index (Phi) is 6.19. The first-order valence-corrected chi connectivity index (χ1v) is 9.43. The number of anilines is 1. The monoisotopic (exact) mass is 354 g/mol. The zero-order chi connectivity index (χ0) is 17.6. The van der Waals surface area contributed by atoms with Gasteiger partial charge in [-0.15, -0.1) is 0 Å². The summed E-state index contributed by atoms with van der Waals surface area (Å²) >= 11 is 0. The minimum atomic E-state index is -3.57. The average molecular weight is 354 g/mol. The molecule has 6 nitrogen and oxygen atoms in total. The van der Waals surface area contributed by atoms with Crippen LogP contribution in [0.25, 0.3) is 0 Å². The summed E-state index contributed by atoms with van der Waals surface area (Å²) in [6.45, 7) is 1.82. The maximum absolute atomic E-state index is 13.5. The molecule has 1 aromatic carbocycles. The van der Waals surface area contributed by atoms with E-state index in [1.54, 1.807) is 14.0 Å². The van der Waals surface area contributed by atoms with Crippen molar-refractivity contribution in [3.8, 4) is 0 Å². The van der Waals surface area contributed by atoms with Crippen LogP contribution >= 0.6 is 0 Å². The molecule has 1 aliphatic rings. The van der Waals surface area contributed by atoms with Crippen LogP contribution in [0, 0.1) is 12.7 Å². The van der Waals surface area contributed by atoms with Crippen molar-refractivity contribution in [3.63, 3.8) is 0 Å². The molecule has 0 aliphatic heterocycles. The maximum atomic E-state index is 13.5. The molecular weight excluding hydrogens is 331 g/mol. The van der Waals surface area contributed by atoms with Gasteiger partial charge in [0.25, 0.3) is 0 Å². The van der Waals surface area contributed by atoms with E-state index in [2.05, 4.69) is 32.5 Å². The number of aliphatic imine (C=N–C) groups is 1. The summed E-state index contributed by atoms with van der Waals surface area (Å²) in [5, 5.41) is 6.20. The van der Waals surface area contributed by atoms with Gasteiger partial charge in [0.2, 0.25) is 10.0 Å². The Bertz CT molecular complexity index is 724. The normalized spacial score (nSPS) is 15.5. The quantitative estimate of drug-likeness (QED) is 0.413. The zero-order valence-electron chi connectivity index (χ0n) is 13.8. The highest BCUT2D eigenvalue weighted by molar-refractivity contribution is 7.92. The zero-order valence-corrected chi connectivity index (χ0v) is 14.7. The summed E-state index contributed by atoms with van der Waals surface area (Å²) in [5.74, 6) is -0.0186. The van der Waals surface area contributed by atoms with Gasteiger partial charge in [0, 0.05) is 19.6 Å². The third kappa shape index (κ3) is 5.52. The van der Waals surface area contributed by atoms with Crippen molar-refractivity contribution in [2.45, 2.75) is 25.8 Å². The molecule has 0 amide bonds. The first kappa shape index (κ1) is 18.3. The van der Waals surface area contributed by atoms with E-state index >= 15 is 0 Å². The molecule has 0 heterocycles. The summed E-state index contributed by atoms with van der Waals surface area (Å²) in [4.78, 5) is 4.08. The van der Waals surface area contributed by atoms with Gasteiger partial charge in [0.1, 0.15) is 5.82 Å². The first-order valence-electron chi connectivity index (χ1n) is 7.78. The van der Waals surface area contributed by atoms with Gasteiger partial charge in [-0.05, 0) is 37.5 Å². The lowest BCUT2D eigenvalue weighted by molar-refractivity contribution is 0.598. The van der Waals surface area contributed by atoms with E-state index < -0.39 is 15.8 Å². The van der Waals surface area contributed by atoms with E-state index in [0.717, 1.165) is 12.8 Å². The van der Waals surface area contributed by atoms with E-state index in [-0.39, 0.29) is 18.0 Å². The van der Waals surface area contributed by atoms with Gasteiger partial charge < -0.3 is 10.6 Å². The van der Waals surface area contributed by atoms with Crippen LogP contribution in [-0.2, 0) is 10.0 Å². The SMILES string of the molecule is CN=C(NCCS(=O)(=O)Nc1ccc(C)c(F)c1)NC1CC=CC1. The van der Waals surface area contributed by atoms with E-state index in [1.165, 1.54) is 18.2 Å². The molecule has 1 aliphatic carbocycles. The number of rotatable bonds is 6. The summed E-state index contributed by atoms with van der Waals surface area (Å²) < 4.78 is 40.0. The van der Waals surface area contributed by atoms with Gasteiger partial charge in [0.15, 0.2) is 5.96 Å². The molecule has 0 fully saturated rings. The number of guanidine groups is 1. The highest BCUT2D eigenvalue weighted by Crippen LogP contribution is 2.14. The summed E-state index contributed by atoms with van der Waals surface area (Å²) in [5.41, 5.74) is 0.688. The van der Waals surface area contributed by atoms with Crippen molar-refractivity contribution in [2.24, 2.45) is 4.99 Å². The molecule has 3 N–H and O–H groups in total. The lowest BCUT2D eigenvalue weighted by Crippen LogP contribution is -2.44. The summed E-state index contributed by atoms with van der Waals surface area (Å²) in [7, 11) is -1.93. The Morgan fingerprint density at radius 3 is 2.67 bits per heavy atom. The van der Waals surface area contributed by atoms with Crippen LogP contribution < -0.4 is 15.4 Å². The van der Waals surface area contributed by atoms with Crippen LogP contribution in [0.4, 0.5) is 10.1 Å². The van der Waals surface area contributed by atoms with Gasteiger partial charge >= 0.3 is 0 Å². The van der Waals surface area contributed by atoms with Crippen molar-refractivity contribution < 1.29 is 12.8 Å². The minimum absolute atomic E-state index is 0.147. The van der Waals surface area contributed by atoms with Gasteiger partial charge in [0.05, 0.1) is 11.4 Å². The third-order valence-electron chi connectivity index (χ3n) is 3.68. The number of hydrogen-bond donors (Lipinski definition) is 3. The number of benzene rings is 1. The van der Waals surface area contributed by atoms with Crippen molar-refractivity contribution in [1.82, 2.24) is 10.6 Å². The molecule has 0 spiro atoms. The predicted molar refractivity (Wildman–Crippen MR) is 95.2 cm³/mol. The molecular formula is C16H23FN4O2S. The van der Waals surface area contributed by atoms with Gasteiger partial charge in [-0.2, -0.15) is 0 Å². The second-order valence-corrected chi connectivity index (χ2v) is 7.51. The number of nitrogens with zero attached hydrogens (tertiary/aromatic N) is 1. The van der Waals surface area contributed by atoms with Crippen LogP contribution in [0.2, 0.25) is 0 Å². The molecule has 8 heteroatoms. The van der Waals surface area contributed by atoms with Crippen molar-refractivity contribution in [1.29, 1.82) is 0 Å². The Hall–Kier alpha value is -2.09. The molecule has 0 bridgehead atoms. The average Bonchev–Trinajstić information content (AvgIpc) is 3.02. The predicted octanol–water partition coefficient (Wildman–Crippen LogP) is 1.76. The molecule has 0 saturated carbocycles. The lowest BCUT2D eigenvalue weighted by Gasteiger charge is -2.17.